The van der Waals surface area contributed by atoms with Crippen LogP contribution in [0.2, 0.25) is 5.02 Å². The molecule has 1 unspecified atom stereocenters. The Hall–Kier alpha value is -1.31. The van der Waals surface area contributed by atoms with Crippen LogP contribution in [0.4, 0.5) is 0 Å². The molecule has 2 aromatic carbocycles. The number of hydrogen-bond donors (Lipinski definition) is 1. The highest BCUT2D eigenvalue weighted by atomic mass is 35.5. The van der Waals surface area contributed by atoms with Crippen molar-refractivity contribution in [3.8, 4) is 0 Å². The molecule has 1 fully saturated rings. The first kappa shape index (κ1) is 13.7. The molecule has 104 valence electrons. The molecule has 0 aliphatic heterocycles. The zero-order valence-electron chi connectivity index (χ0n) is 11.4. The van der Waals surface area contributed by atoms with Crippen LogP contribution in [0, 0.1) is 0 Å². The van der Waals surface area contributed by atoms with Gasteiger partial charge in [-0.2, -0.15) is 0 Å². The number of hydrogen-bond acceptors (Lipinski definition) is 1. The van der Waals surface area contributed by atoms with Crippen LogP contribution < -0.4 is 0 Å². The van der Waals surface area contributed by atoms with Gasteiger partial charge in [-0.1, -0.05) is 60.5 Å². The van der Waals surface area contributed by atoms with Gasteiger partial charge in [-0.15, -0.1) is 0 Å². The SMILES string of the molecule is OC(Cc1ccccc1Cl)c1cccc(C2CCC2)c1. The van der Waals surface area contributed by atoms with Crippen LogP contribution in [-0.4, -0.2) is 5.11 Å². The van der Waals surface area contributed by atoms with Gasteiger partial charge in [-0.05, 0) is 41.5 Å². The molecule has 0 aromatic heterocycles. The average Bonchev–Trinajstić information content (AvgIpc) is 2.40. The Bertz CT molecular complexity index is 589. The second-order valence-corrected chi connectivity index (χ2v) is 6.02. The van der Waals surface area contributed by atoms with Gasteiger partial charge in [0.05, 0.1) is 6.10 Å². The van der Waals surface area contributed by atoms with Crippen LogP contribution in [-0.2, 0) is 6.42 Å². The molecule has 1 nitrogen and oxygen atoms in total. The van der Waals surface area contributed by atoms with Gasteiger partial charge < -0.3 is 5.11 Å². The third kappa shape index (κ3) is 2.89. The van der Waals surface area contributed by atoms with Gasteiger partial charge in [-0.25, -0.2) is 0 Å². The summed E-state index contributed by atoms with van der Waals surface area (Å²) < 4.78 is 0. The maximum Gasteiger partial charge on any atom is 0.0831 e. The Morgan fingerprint density at radius 2 is 1.90 bits per heavy atom. The predicted octanol–water partition coefficient (Wildman–Crippen LogP) is 4.88. The highest BCUT2D eigenvalue weighted by molar-refractivity contribution is 6.31. The molecular weight excluding hydrogens is 268 g/mol. The standard InChI is InChI=1S/C18H19ClO/c19-17-10-2-1-5-15(17)12-18(20)16-9-4-8-14(11-16)13-6-3-7-13/h1-2,4-5,8-11,13,18,20H,3,6-7,12H2. The quantitative estimate of drug-likeness (QED) is 0.849. The van der Waals surface area contributed by atoms with E-state index in [9.17, 15) is 5.11 Å². The second-order valence-electron chi connectivity index (χ2n) is 5.61. The molecular formula is C18H19ClO. The van der Waals surface area contributed by atoms with Crippen molar-refractivity contribution in [3.63, 3.8) is 0 Å². The predicted molar refractivity (Wildman–Crippen MR) is 83.1 cm³/mol. The minimum absolute atomic E-state index is 0.491. The van der Waals surface area contributed by atoms with Crippen LogP contribution in [0.1, 0.15) is 48.0 Å². The Labute approximate surface area is 125 Å². The Morgan fingerprint density at radius 1 is 1.10 bits per heavy atom. The highest BCUT2D eigenvalue weighted by Crippen LogP contribution is 2.37. The van der Waals surface area contributed by atoms with Crippen molar-refractivity contribution in [1.82, 2.24) is 0 Å². The van der Waals surface area contributed by atoms with E-state index in [2.05, 4.69) is 18.2 Å². The molecule has 1 aliphatic carbocycles. The fourth-order valence-corrected chi connectivity index (χ4v) is 2.96. The molecule has 0 amide bonds. The lowest BCUT2D eigenvalue weighted by atomic mass is 9.79. The van der Waals surface area contributed by atoms with E-state index in [1.54, 1.807) is 0 Å². The summed E-state index contributed by atoms with van der Waals surface area (Å²) in [5.41, 5.74) is 3.36. The van der Waals surface area contributed by atoms with Crippen LogP contribution in [0.3, 0.4) is 0 Å². The van der Waals surface area contributed by atoms with Gasteiger partial charge in [0, 0.05) is 11.4 Å². The van der Waals surface area contributed by atoms with Crippen molar-refractivity contribution in [2.24, 2.45) is 0 Å². The van der Waals surface area contributed by atoms with Gasteiger partial charge in [0.25, 0.3) is 0 Å². The maximum absolute atomic E-state index is 10.4. The summed E-state index contributed by atoms with van der Waals surface area (Å²) in [4.78, 5) is 0. The first-order valence-electron chi connectivity index (χ1n) is 7.25. The normalized spacial score (nSPS) is 16.7. The van der Waals surface area contributed by atoms with E-state index < -0.39 is 6.10 Å². The summed E-state index contributed by atoms with van der Waals surface area (Å²) in [6.07, 6.45) is 3.97. The van der Waals surface area contributed by atoms with Crippen LogP contribution >= 0.6 is 11.6 Å². The molecule has 1 N–H and O–H groups in total. The van der Waals surface area contributed by atoms with Crippen molar-refractivity contribution in [1.29, 1.82) is 0 Å². The lowest BCUT2D eigenvalue weighted by Gasteiger charge is -2.26. The molecule has 2 heteroatoms. The zero-order valence-corrected chi connectivity index (χ0v) is 12.2. The van der Waals surface area contributed by atoms with Crippen LogP contribution in [0.15, 0.2) is 48.5 Å². The largest absolute Gasteiger partial charge is 0.388 e. The minimum atomic E-state index is -0.491. The molecule has 0 heterocycles. The van der Waals surface area contributed by atoms with Gasteiger partial charge in [0.15, 0.2) is 0 Å². The summed E-state index contributed by atoms with van der Waals surface area (Å²) in [7, 11) is 0. The van der Waals surface area contributed by atoms with E-state index in [0.717, 1.165) is 16.1 Å². The molecule has 0 saturated heterocycles. The first-order valence-corrected chi connectivity index (χ1v) is 7.63. The summed E-state index contributed by atoms with van der Waals surface area (Å²) >= 11 is 6.16. The number of halogens is 1. The van der Waals surface area contributed by atoms with E-state index in [1.165, 1.54) is 24.8 Å². The Kier molecular flexibility index (Phi) is 4.09. The van der Waals surface area contributed by atoms with E-state index >= 15 is 0 Å². The average molecular weight is 287 g/mol. The van der Waals surface area contributed by atoms with Crippen molar-refractivity contribution in [2.75, 3.05) is 0 Å². The summed E-state index contributed by atoms with van der Waals surface area (Å²) in [6.45, 7) is 0. The van der Waals surface area contributed by atoms with Crippen LogP contribution in [0.25, 0.3) is 0 Å². The first-order chi connectivity index (χ1) is 9.74. The smallest absolute Gasteiger partial charge is 0.0831 e. The summed E-state index contributed by atoms with van der Waals surface area (Å²) in [6, 6.07) is 16.1. The Morgan fingerprint density at radius 3 is 2.60 bits per heavy atom. The number of aliphatic hydroxyl groups excluding tert-OH is 1. The molecule has 1 atom stereocenters. The van der Waals surface area contributed by atoms with Crippen LogP contribution in [0.5, 0.6) is 0 Å². The molecule has 0 spiro atoms. The van der Waals surface area contributed by atoms with E-state index in [1.807, 2.05) is 30.3 Å². The zero-order chi connectivity index (χ0) is 13.9. The lowest BCUT2D eigenvalue weighted by Crippen LogP contribution is -2.10. The monoisotopic (exact) mass is 286 g/mol. The van der Waals surface area contributed by atoms with Gasteiger partial charge in [-0.3, -0.25) is 0 Å². The Balaban J connectivity index is 1.76. The molecule has 1 aliphatic rings. The minimum Gasteiger partial charge on any atom is -0.388 e. The number of rotatable bonds is 4. The fraction of sp³-hybridized carbons (Fsp3) is 0.333. The maximum atomic E-state index is 10.4. The topological polar surface area (TPSA) is 20.2 Å². The molecule has 20 heavy (non-hydrogen) atoms. The van der Waals surface area contributed by atoms with Gasteiger partial charge >= 0.3 is 0 Å². The lowest BCUT2D eigenvalue weighted by molar-refractivity contribution is 0.178. The number of benzene rings is 2. The summed E-state index contributed by atoms with van der Waals surface area (Å²) in [5, 5.41) is 11.2. The second kappa shape index (κ2) is 5.99. The van der Waals surface area contributed by atoms with Crippen molar-refractivity contribution < 1.29 is 5.11 Å². The van der Waals surface area contributed by atoms with E-state index in [4.69, 9.17) is 11.6 Å². The van der Waals surface area contributed by atoms with Gasteiger partial charge in [0.2, 0.25) is 0 Å². The third-order valence-corrected chi connectivity index (χ3v) is 4.61. The fourth-order valence-electron chi connectivity index (χ4n) is 2.75. The molecule has 1 saturated carbocycles. The molecule has 0 bridgehead atoms. The van der Waals surface area contributed by atoms with E-state index in [-0.39, 0.29) is 0 Å². The van der Waals surface area contributed by atoms with Crippen molar-refractivity contribution in [2.45, 2.75) is 37.7 Å². The van der Waals surface area contributed by atoms with Gasteiger partial charge in [0.1, 0.15) is 0 Å². The molecule has 0 radical (unpaired) electrons. The third-order valence-electron chi connectivity index (χ3n) is 4.24. The number of aliphatic hydroxyl groups is 1. The van der Waals surface area contributed by atoms with Crippen molar-refractivity contribution in [3.05, 3.63) is 70.2 Å². The molecule has 3 rings (SSSR count). The van der Waals surface area contributed by atoms with E-state index in [0.29, 0.717) is 12.3 Å². The molecule has 2 aromatic rings. The van der Waals surface area contributed by atoms with Crippen molar-refractivity contribution >= 4 is 11.6 Å². The highest BCUT2D eigenvalue weighted by Gasteiger charge is 2.20. The summed E-state index contributed by atoms with van der Waals surface area (Å²) in [5.74, 6) is 0.697.